The molecule has 3 heterocycles. The lowest BCUT2D eigenvalue weighted by molar-refractivity contribution is 0.174. The molecule has 2 aromatic heterocycles. The quantitative estimate of drug-likeness (QED) is 0.328. The van der Waals surface area contributed by atoms with Gasteiger partial charge in [0.1, 0.15) is 6.61 Å². The molecular weight excluding hydrogens is 520 g/mol. The third-order valence-electron chi connectivity index (χ3n) is 5.51. The predicted octanol–water partition coefficient (Wildman–Crippen LogP) is 4.54. The molecular formula is C25H17BrN2O5S. The minimum atomic E-state index is -0.0908. The summed E-state index contributed by atoms with van der Waals surface area (Å²) in [5.74, 6) is 2.57. The number of rotatable bonds is 5. The van der Waals surface area contributed by atoms with E-state index in [0.717, 1.165) is 32.4 Å². The Morgan fingerprint density at radius 3 is 2.88 bits per heavy atom. The Morgan fingerprint density at radius 2 is 2.00 bits per heavy atom. The number of nitrogens with zero attached hydrogens (tertiary/aromatic N) is 2. The highest BCUT2D eigenvalue weighted by Crippen LogP contribution is 2.38. The van der Waals surface area contributed by atoms with Crippen molar-refractivity contribution in [1.29, 1.82) is 0 Å². The first kappa shape index (κ1) is 21.0. The molecule has 9 heteroatoms. The van der Waals surface area contributed by atoms with E-state index in [0.29, 0.717) is 33.3 Å². The number of methoxy groups -OCH3 is 1. The van der Waals surface area contributed by atoms with E-state index >= 15 is 0 Å². The summed E-state index contributed by atoms with van der Waals surface area (Å²) in [6.45, 7) is 0.558. The Bertz CT molecular complexity index is 1680. The van der Waals surface area contributed by atoms with Crippen LogP contribution < -0.4 is 29.0 Å². The molecule has 170 valence electrons. The van der Waals surface area contributed by atoms with Gasteiger partial charge in [0.25, 0.3) is 5.56 Å². The maximum atomic E-state index is 13.1. The highest BCUT2D eigenvalue weighted by molar-refractivity contribution is 9.10. The molecule has 0 saturated carbocycles. The van der Waals surface area contributed by atoms with Gasteiger partial charge in [0.15, 0.2) is 28.0 Å². The maximum Gasteiger partial charge on any atom is 0.274 e. The summed E-state index contributed by atoms with van der Waals surface area (Å²) in [6.07, 6.45) is 1.84. The van der Waals surface area contributed by atoms with E-state index in [9.17, 15) is 4.79 Å². The van der Waals surface area contributed by atoms with E-state index < -0.39 is 0 Å². The van der Waals surface area contributed by atoms with Crippen LogP contribution in [0.15, 0.2) is 63.9 Å². The Kier molecular flexibility index (Phi) is 5.15. The first-order valence-corrected chi connectivity index (χ1v) is 12.0. The normalized spacial score (nSPS) is 13.2. The third-order valence-corrected chi connectivity index (χ3v) is 7.07. The first-order valence-electron chi connectivity index (χ1n) is 10.4. The molecule has 7 nitrogen and oxygen atoms in total. The second kappa shape index (κ2) is 8.34. The van der Waals surface area contributed by atoms with E-state index in [1.807, 2.05) is 60.7 Å². The summed E-state index contributed by atoms with van der Waals surface area (Å²) in [5, 5.41) is 0. The van der Waals surface area contributed by atoms with Crippen LogP contribution >= 0.6 is 27.3 Å². The van der Waals surface area contributed by atoms with Gasteiger partial charge in [-0.2, -0.15) is 0 Å². The van der Waals surface area contributed by atoms with Crippen LogP contribution in [0, 0.1) is 0 Å². The number of imidazole rings is 1. The van der Waals surface area contributed by atoms with Gasteiger partial charge in [-0.05, 0) is 69.5 Å². The molecule has 0 amide bonds. The molecule has 1 aliphatic heterocycles. The number of para-hydroxylation sites is 2. The van der Waals surface area contributed by atoms with Gasteiger partial charge in [0.05, 0.1) is 27.1 Å². The standard InChI is InChI=1S/C25H17BrN2O5S/c1-30-21-10-15(11-22-24(29)28-18-5-3-2-4-17(18)27-25(28)34-22)8-16(26)23(21)31-12-14-6-7-19-20(9-14)33-13-32-19/h2-11H,12-13H2,1H3. The number of benzene rings is 3. The molecule has 0 aliphatic carbocycles. The molecule has 6 rings (SSSR count). The fraction of sp³-hybridized carbons (Fsp3) is 0.120. The smallest absolute Gasteiger partial charge is 0.274 e. The summed E-state index contributed by atoms with van der Waals surface area (Å²) in [4.78, 5) is 18.3. The van der Waals surface area contributed by atoms with Gasteiger partial charge in [-0.15, -0.1) is 0 Å². The fourth-order valence-corrected chi connectivity index (χ4v) is 5.47. The number of aromatic nitrogens is 2. The molecule has 0 fully saturated rings. The summed E-state index contributed by atoms with van der Waals surface area (Å²) in [5.41, 5.74) is 3.28. The first-order chi connectivity index (χ1) is 16.6. The van der Waals surface area contributed by atoms with Gasteiger partial charge in [-0.3, -0.25) is 4.79 Å². The molecule has 0 saturated heterocycles. The summed E-state index contributed by atoms with van der Waals surface area (Å²) in [7, 11) is 1.59. The molecule has 3 aromatic carbocycles. The van der Waals surface area contributed by atoms with Crippen LogP contribution in [-0.2, 0) is 6.61 Å². The summed E-state index contributed by atoms with van der Waals surface area (Å²) >= 11 is 4.95. The predicted molar refractivity (Wildman–Crippen MR) is 133 cm³/mol. The van der Waals surface area contributed by atoms with Crippen LogP contribution in [0.2, 0.25) is 0 Å². The Balaban J connectivity index is 1.33. The van der Waals surface area contributed by atoms with Gasteiger partial charge in [-0.25, -0.2) is 9.38 Å². The van der Waals surface area contributed by atoms with E-state index in [4.69, 9.17) is 18.9 Å². The van der Waals surface area contributed by atoms with Gasteiger partial charge in [0.2, 0.25) is 6.79 Å². The van der Waals surface area contributed by atoms with Crippen molar-refractivity contribution >= 4 is 49.3 Å². The van der Waals surface area contributed by atoms with Crippen molar-refractivity contribution in [2.45, 2.75) is 6.61 Å². The Labute approximate surface area is 205 Å². The number of thiazole rings is 1. The van der Waals surface area contributed by atoms with Gasteiger partial charge >= 0.3 is 0 Å². The lowest BCUT2D eigenvalue weighted by Gasteiger charge is -2.14. The van der Waals surface area contributed by atoms with Crippen molar-refractivity contribution in [2.75, 3.05) is 13.9 Å². The van der Waals surface area contributed by atoms with Crippen molar-refractivity contribution < 1.29 is 18.9 Å². The zero-order valence-corrected chi connectivity index (χ0v) is 20.3. The molecule has 0 atom stereocenters. The Hall–Kier alpha value is -3.56. The third kappa shape index (κ3) is 3.57. The van der Waals surface area contributed by atoms with Crippen LogP contribution in [0.1, 0.15) is 11.1 Å². The van der Waals surface area contributed by atoms with Gasteiger partial charge in [0, 0.05) is 0 Å². The van der Waals surface area contributed by atoms with Crippen molar-refractivity contribution in [2.24, 2.45) is 0 Å². The average Bonchev–Trinajstić information content (AvgIpc) is 3.53. The van der Waals surface area contributed by atoms with E-state index in [-0.39, 0.29) is 12.4 Å². The van der Waals surface area contributed by atoms with Crippen molar-refractivity contribution in [3.63, 3.8) is 0 Å². The number of hydrogen-bond donors (Lipinski definition) is 0. The maximum absolute atomic E-state index is 13.1. The second-order valence-electron chi connectivity index (χ2n) is 7.64. The molecule has 0 spiro atoms. The topological polar surface area (TPSA) is 71.3 Å². The molecule has 0 unspecified atom stereocenters. The molecule has 5 aromatic rings. The van der Waals surface area contributed by atoms with Crippen LogP contribution in [0.5, 0.6) is 23.0 Å². The minimum absolute atomic E-state index is 0.0908. The van der Waals surface area contributed by atoms with E-state index in [2.05, 4.69) is 20.9 Å². The molecule has 1 aliphatic rings. The van der Waals surface area contributed by atoms with Crippen molar-refractivity contribution in [1.82, 2.24) is 9.38 Å². The molecule has 0 bridgehead atoms. The van der Waals surface area contributed by atoms with Gasteiger partial charge in [-0.1, -0.05) is 29.5 Å². The van der Waals surface area contributed by atoms with Crippen LogP contribution in [-0.4, -0.2) is 23.3 Å². The van der Waals surface area contributed by atoms with E-state index in [1.54, 1.807) is 11.5 Å². The summed E-state index contributed by atoms with van der Waals surface area (Å²) < 4.78 is 25.4. The number of hydrogen-bond acceptors (Lipinski definition) is 7. The fourth-order valence-electron chi connectivity index (χ4n) is 3.91. The Morgan fingerprint density at radius 1 is 1.15 bits per heavy atom. The number of halogens is 1. The monoisotopic (exact) mass is 536 g/mol. The van der Waals surface area contributed by atoms with Crippen LogP contribution in [0.25, 0.3) is 22.1 Å². The highest BCUT2D eigenvalue weighted by atomic mass is 79.9. The second-order valence-corrected chi connectivity index (χ2v) is 9.51. The van der Waals surface area contributed by atoms with Crippen molar-refractivity contribution in [3.05, 3.63) is 85.1 Å². The average molecular weight is 537 g/mol. The zero-order valence-electron chi connectivity index (χ0n) is 17.9. The lowest BCUT2D eigenvalue weighted by Crippen LogP contribution is -2.22. The SMILES string of the molecule is COc1cc(C=c2sc3nc4ccccc4n3c2=O)cc(Br)c1OCc1ccc2c(c1)OCO2. The molecule has 34 heavy (non-hydrogen) atoms. The number of fused-ring (bicyclic) bond motifs is 4. The largest absolute Gasteiger partial charge is 0.493 e. The highest BCUT2D eigenvalue weighted by Gasteiger charge is 2.16. The zero-order chi connectivity index (χ0) is 23.2. The van der Waals surface area contributed by atoms with Gasteiger partial charge < -0.3 is 18.9 Å². The van der Waals surface area contributed by atoms with Crippen LogP contribution in [0.3, 0.4) is 0 Å². The minimum Gasteiger partial charge on any atom is -0.493 e. The summed E-state index contributed by atoms with van der Waals surface area (Å²) in [6, 6.07) is 17.1. The molecule has 0 N–H and O–H groups in total. The number of ether oxygens (including phenoxy) is 4. The lowest BCUT2D eigenvalue weighted by atomic mass is 10.2. The van der Waals surface area contributed by atoms with E-state index in [1.165, 1.54) is 11.3 Å². The van der Waals surface area contributed by atoms with Crippen molar-refractivity contribution in [3.8, 4) is 23.0 Å². The molecule has 0 radical (unpaired) electrons. The van der Waals surface area contributed by atoms with Crippen LogP contribution in [0.4, 0.5) is 0 Å².